The monoisotopic (exact) mass is 523 g/mol. The maximum atomic E-state index is 6.43. The predicted octanol–water partition coefficient (Wildman–Crippen LogP) is 7.24. The fourth-order valence-electron chi connectivity index (χ4n) is 4.05. The highest BCUT2D eigenvalue weighted by molar-refractivity contribution is 9.10. The van der Waals surface area contributed by atoms with Gasteiger partial charge in [0.05, 0.1) is 11.7 Å². The van der Waals surface area contributed by atoms with Crippen molar-refractivity contribution in [1.82, 2.24) is 10.3 Å². The molecule has 0 unspecified atom stereocenters. The van der Waals surface area contributed by atoms with Crippen LogP contribution in [0.1, 0.15) is 29.1 Å². The summed E-state index contributed by atoms with van der Waals surface area (Å²) in [6.45, 7) is 2.00. The lowest BCUT2D eigenvalue weighted by atomic mass is 10.0. The van der Waals surface area contributed by atoms with Gasteiger partial charge in [0, 0.05) is 26.9 Å². The largest absolute Gasteiger partial charge is 0.459 e. The molecule has 0 saturated carbocycles. The molecule has 2 atom stereocenters. The Morgan fingerprint density at radius 2 is 1.84 bits per heavy atom. The van der Waals surface area contributed by atoms with Crippen molar-refractivity contribution in [2.75, 3.05) is 4.90 Å². The van der Waals surface area contributed by atoms with Crippen molar-refractivity contribution >= 4 is 50.5 Å². The molecule has 2 aromatic heterocycles. The van der Waals surface area contributed by atoms with E-state index in [2.05, 4.69) is 31.1 Å². The molecule has 1 aliphatic heterocycles. The molecular weight excluding hydrogens is 506 g/mol. The van der Waals surface area contributed by atoms with Crippen LogP contribution < -0.4 is 10.2 Å². The van der Waals surface area contributed by atoms with Gasteiger partial charge in [0.1, 0.15) is 17.6 Å². The van der Waals surface area contributed by atoms with Crippen LogP contribution in [0.2, 0.25) is 5.02 Å². The van der Waals surface area contributed by atoms with Gasteiger partial charge in [-0.25, -0.2) is 0 Å². The summed E-state index contributed by atoms with van der Waals surface area (Å²) in [5.41, 5.74) is 3.84. The second-order valence-electron chi connectivity index (χ2n) is 7.59. The van der Waals surface area contributed by atoms with E-state index in [0.717, 1.165) is 38.5 Å². The number of furan rings is 1. The molecule has 1 N–H and O–H groups in total. The molecular formula is C25H19BrClN3OS. The first-order valence-electron chi connectivity index (χ1n) is 10.1. The maximum Gasteiger partial charge on any atom is 0.174 e. The zero-order valence-corrected chi connectivity index (χ0v) is 20.3. The Morgan fingerprint density at radius 3 is 2.59 bits per heavy atom. The average molecular weight is 525 g/mol. The molecule has 160 valence electrons. The van der Waals surface area contributed by atoms with Crippen molar-refractivity contribution in [3.05, 3.63) is 106 Å². The highest BCUT2D eigenvalue weighted by Crippen LogP contribution is 2.43. The quantitative estimate of drug-likeness (QED) is 0.285. The number of hydrogen-bond acceptors (Lipinski definition) is 3. The van der Waals surface area contributed by atoms with Gasteiger partial charge in [-0.15, -0.1) is 0 Å². The molecule has 3 heterocycles. The average Bonchev–Trinajstić information content (AvgIpc) is 3.41. The van der Waals surface area contributed by atoms with Crippen molar-refractivity contribution < 1.29 is 4.42 Å². The number of nitrogens with one attached hydrogen (secondary N) is 1. The summed E-state index contributed by atoms with van der Waals surface area (Å²) >= 11 is 15.6. The Kier molecular flexibility index (Phi) is 5.76. The fraction of sp³-hybridized carbons (Fsp3) is 0.120. The van der Waals surface area contributed by atoms with Gasteiger partial charge in [-0.3, -0.25) is 4.98 Å². The van der Waals surface area contributed by atoms with Gasteiger partial charge in [-0.2, -0.15) is 0 Å². The Hall–Kier alpha value is -2.67. The maximum absolute atomic E-state index is 6.43. The predicted molar refractivity (Wildman–Crippen MR) is 136 cm³/mol. The summed E-state index contributed by atoms with van der Waals surface area (Å²) < 4.78 is 7.44. The van der Waals surface area contributed by atoms with Gasteiger partial charge in [-0.1, -0.05) is 45.7 Å². The van der Waals surface area contributed by atoms with Crippen molar-refractivity contribution in [1.29, 1.82) is 0 Å². The lowest BCUT2D eigenvalue weighted by Crippen LogP contribution is -2.29. The molecule has 4 aromatic rings. The van der Waals surface area contributed by atoms with Gasteiger partial charge < -0.3 is 14.6 Å². The highest BCUT2D eigenvalue weighted by Gasteiger charge is 2.42. The molecule has 4 nitrogen and oxygen atoms in total. The first-order chi connectivity index (χ1) is 15.5. The minimum atomic E-state index is -0.202. The van der Waals surface area contributed by atoms with Crippen LogP contribution in [0, 0.1) is 6.92 Å². The van der Waals surface area contributed by atoms with Crippen LogP contribution >= 0.6 is 39.7 Å². The first kappa shape index (κ1) is 21.2. The number of nitrogens with zero attached hydrogens (tertiary/aromatic N) is 2. The summed E-state index contributed by atoms with van der Waals surface area (Å²) in [5.74, 6) is 1.57. The van der Waals surface area contributed by atoms with Gasteiger partial charge in [0.25, 0.3) is 0 Å². The molecule has 0 amide bonds. The molecule has 5 rings (SSSR count). The third-order valence-electron chi connectivity index (χ3n) is 5.65. The van der Waals surface area contributed by atoms with E-state index >= 15 is 0 Å². The molecule has 0 aliphatic carbocycles. The van der Waals surface area contributed by atoms with Crippen LogP contribution in [0.15, 0.2) is 87.9 Å². The number of pyridine rings is 1. The zero-order valence-electron chi connectivity index (χ0n) is 17.1. The molecule has 7 heteroatoms. The van der Waals surface area contributed by atoms with Gasteiger partial charge in [0.15, 0.2) is 5.11 Å². The van der Waals surface area contributed by atoms with Crippen LogP contribution in [0.5, 0.6) is 0 Å². The summed E-state index contributed by atoms with van der Waals surface area (Å²) in [7, 11) is 0. The Bertz CT molecular complexity index is 1280. The van der Waals surface area contributed by atoms with Crippen LogP contribution in [-0.4, -0.2) is 10.1 Å². The van der Waals surface area contributed by atoms with Crippen molar-refractivity contribution in [3.8, 4) is 11.3 Å². The summed E-state index contributed by atoms with van der Waals surface area (Å²) in [6, 6.07) is 23.5. The fourth-order valence-corrected chi connectivity index (χ4v) is 4.84. The topological polar surface area (TPSA) is 41.3 Å². The van der Waals surface area contributed by atoms with E-state index in [-0.39, 0.29) is 12.1 Å². The minimum absolute atomic E-state index is 0.160. The zero-order chi connectivity index (χ0) is 22.2. The Morgan fingerprint density at radius 1 is 1.03 bits per heavy atom. The number of thiocarbonyl (C=S) groups is 1. The van der Waals surface area contributed by atoms with Crippen LogP contribution in [0.25, 0.3) is 11.3 Å². The number of benzene rings is 2. The molecule has 0 radical (unpaired) electrons. The van der Waals surface area contributed by atoms with E-state index in [4.69, 9.17) is 28.2 Å². The number of hydrogen-bond donors (Lipinski definition) is 1. The smallest absolute Gasteiger partial charge is 0.174 e. The molecule has 1 fully saturated rings. The standard InChI is InChI=1S/C25H19BrClN3OS/c1-15-18(5-4-6-19(15)27)21-12-13-22(31-21)24-23(20-7-2-3-14-28-20)29-25(32)30(24)17-10-8-16(26)9-11-17/h2-14,23-24H,1H3,(H,29,32)/t23-,24+/m0/s1. The normalized spacial score (nSPS) is 18.1. The Labute approximate surface area is 205 Å². The third kappa shape index (κ3) is 3.83. The third-order valence-corrected chi connectivity index (χ3v) is 6.91. The highest BCUT2D eigenvalue weighted by atomic mass is 79.9. The lowest BCUT2D eigenvalue weighted by Gasteiger charge is -2.26. The summed E-state index contributed by atoms with van der Waals surface area (Å²) in [4.78, 5) is 6.68. The molecule has 2 aromatic carbocycles. The van der Waals surface area contributed by atoms with E-state index in [1.54, 1.807) is 6.20 Å². The molecule has 1 aliphatic rings. The number of halogens is 2. The molecule has 0 spiro atoms. The van der Waals surface area contributed by atoms with Crippen molar-refractivity contribution in [2.45, 2.75) is 19.0 Å². The lowest BCUT2D eigenvalue weighted by molar-refractivity contribution is 0.439. The molecule has 1 saturated heterocycles. The van der Waals surface area contributed by atoms with E-state index in [0.29, 0.717) is 10.1 Å². The van der Waals surface area contributed by atoms with Crippen LogP contribution in [0.4, 0.5) is 5.69 Å². The number of aromatic nitrogens is 1. The second kappa shape index (κ2) is 8.70. The van der Waals surface area contributed by atoms with Crippen LogP contribution in [-0.2, 0) is 0 Å². The summed E-state index contributed by atoms with van der Waals surface area (Å²) in [5, 5.41) is 4.80. The second-order valence-corrected chi connectivity index (χ2v) is 9.30. The SMILES string of the molecule is Cc1c(Cl)cccc1-c1ccc([C@@H]2[C@H](c3ccccn3)NC(=S)N2c2ccc(Br)cc2)o1. The van der Waals surface area contributed by atoms with E-state index in [1.165, 1.54) is 0 Å². The van der Waals surface area contributed by atoms with E-state index in [9.17, 15) is 0 Å². The van der Waals surface area contributed by atoms with E-state index in [1.807, 2.05) is 79.7 Å². The number of rotatable bonds is 4. The van der Waals surface area contributed by atoms with Gasteiger partial charge >= 0.3 is 0 Å². The van der Waals surface area contributed by atoms with Crippen molar-refractivity contribution in [2.24, 2.45) is 0 Å². The van der Waals surface area contributed by atoms with E-state index < -0.39 is 0 Å². The molecule has 32 heavy (non-hydrogen) atoms. The minimum Gasteiger partial charge on any atom is -0.459 e. The summed E-state index contributed by atoms with van der Waals surface area (Å²) in [6.07, 6.45) is 1.79. The van der Waals surface area contributed by atoms with Gasteiger partial charge in [-0.05, 0) is 79.3 Å². The Balaban J connectivity index is 1.61. The van der Waals surface area contributed by atoms with Gasteiger partial charge in [0.2, 0.25) is 0 Å². The van der Waals surface area contributed by atoms with Crippen molar-refractivity contribution in [3.63, 3.8) is 0 Å². The first-order valence-corrected chi connectivity index (χ1v) is 11.7. The molecule has 0 bridgehead atoms. The van der Waals surface area contributed by atoms with Crippen LogP contribution in [0.3, 0.4) is 0 Å². The number of anilines is 1.